The largest absolute Gasteiger partial charge is 0.378 e. The fourth-order valence-corrected chi connectivity index (χ4v) is 3.57. The van der Waals surface area contributed by atoms with Gasteiger partial charge in [-0.3, -0.25) is 9.69 Å². The van der Waals surface area contributed by atoms with E-state index in [4.69, 9.17) is 0 Å². The molecule has 0 spiro atoms. The second-order valence-corrected chi connectivity index (χ2v) is 7.35. The van der Waals surface area contributed by atoms with Gasteiger partial charge in [0.25, 0.3) is 0 Å². The molecule has 1 N–H and O–H groups in total. The fourth-order valence-electron chi connectivity index (χ4n) is 3.57. The van der Waals surface area contributed by atoms with E-state index in [1.807, 2.05) is 14.1 Å². The lowest BCUT2D eigenvalue weighted by Gasteiger charge is -2.28. The summed E-state index contributed by atoms with van der Waals surface area (Å²) in [6.07, 6.45) is 2.68. The quantitative estimate of drug-likeness (QED) is 0.813. The third-order valence-corrected chi connectivity index (χ3v) is 5.15. The van der Waals surface area contributed by atoms with Crippen LogP contribution in [0.25, 0.3) is 0 Å². The van der Waals surface area contributed by atoms with Crippen molar-refractivity contribution in [3.63, 3.8) is 0 Å². The number of amides is 1. The lowest BCUT2D eigenvalue weighted by Crippen LogP contribution is -2.37. The monoisotopic (exact) mass is 369 g/mol. The van der Waals surface area contributed by atoms with Crippen molar-refractivity contribution < 1.29 is 9.18 Å². The molecule has 3 rings (SSSR count). The number of hydrogen-bond donors (Lipinski definition) is 1. The molecule has 2 aromatic carbocycles. The average molecular weight is 369 g/mol. The van der Waals surface area contributed by atoms with Crippen LogP contribution in [0.4, 0.5) is 10.1 Å². The molecule has 2 aromatic rings. The minimum absolute atomic E-state index is 0.0317. The summed E-state index contributed by atoms with van der Waals surface area (Å²) in [6, 6.07) is 14.8. The molecule has 1 fully saturated rings. The van der Waals surface area contributed by atoms with Gasteiger partial charge in [-0.15, -0.1) is 0 Å². The molecule has 1 atom stereocenters. The number of carbonyl (C=O) groups excluding carboxylic acids is 1. The minimum atomic E-state index is -0.283. The van der Waals surface area contributed by atoms with Crippen LogP contribution in [0.1, 0.15) is 30.0 Å². The molecular formula is C22H28FN3O. The smallest absolute Gasteiger partial charge is 0.224 e. The van der Waals surface area contributed by atoms with E-state index in [1.54, 1.807) is 12.1 Å². The zero-order valence-electron chi connectivity index (χ0n) is 16.1. The number of rotatable bonds is 7. The van der Waals surface area contributed by atoms with E-state index >= 15 is 0 Å². The van der Waals surface area contributed by atoms with Crippen molar-refractivity contribution >= 4 is 11.6 Å². The third-order valence-electron chi connectivity index (χ3n) is 5.15. The Morgan fingerprint density at radius 3 is 2.30 bits per heavy atom. The summed E-state index contributed by atoms with van der Waals surface area (Å²) in [5.41, 5.74) is 3.21. The molecule has 27 heavy (non-hydrogen) atoms. The first-order valence-corrected chi connectivity index (χ1v) is 9.55. The Morgan fingerprint density at radius 2 is 1.70 bits per heavy atom. The number of benzene rings is 2. The maximum atomic E-state index is 13.0. The Bertz CT molecular complexity index is 737. The van der Waals surface area contributed by atoms with Crippen molar-refractivity contribution in [1.29, 1.82) is 0 Å². The number of likely N-dealkylation sites (tertiary alicyclic amines) is 1. The molecule has 144 valence electrons. The number of anilines is 1. The van der Waals surface area contributed by atoms with E-state index in [-0.39, 0.29) is 24.2 Å². The summed E-state index contributed by atoms with van der Waals surface area (Å²) >= 11 is 0. The SMILES string of the molecule is CN(C)c1ccc([C@H](CNC(=O)Cc2ccc(F)cc2)N2CCCC2)cc1. The highest BCUT2D eigenvalue weighted by atomic mass is 19.1. The highest BCUT2D eigenvalue weighted by Crippen LogP contribution is 2.26. The van der Waals surface area contributed by atoms with Gasteiger partial charge in [0, 0.05) is 26.3 Å². The zero-order chi connectivity index (χ0) is 19.2. The van der Waals surface area contributed by atoms with Gasteiger partial charge < -0.3 is 10.2 Å². The number of nitrogens with zero attached hydrogens (tertiary/aromatic N) is 2. The van der Waals surface area contributed by atoms with Gasteiger partial charge in [0.2, 0.25) is 5.91 Å². The molecule has 5 heteroatoms. The normalized spacial score (nSPS) is 15.5. The summed E-state index contributed by atoms with van der Waals surface area (Å²) in [6.45, 7) is 2.71. The summed E-state index contributed by atoms with van der Waals surface area (Å²) in [7, 11) is 4.06. The number of halogens is 1. The van der Waals surface area contributed by atoms with Crippen LogP contribution in [0.2, 0.25) is 0 Å². The van der Waals surface area contributed by atoms with E-state index < -0.39 is 0 Å². The minimum Gasteiger partial charge on any atom is -0.378 e. The molecule has 0 aliphatic carbocycles. The first-order chi connectivity index (χ1) is 13.0. The van der Waals surface area contributed by atoms with Gasteiger partial charge in [-0.1, -0.05) is 24.3 Å². The Balaban J connectivity index is 1.64. The van der Waals surface area contributed by atoms with Gasteiger partial charge in [-0.25, -0.2) is 4.39 Å². The van der Waals surface area contributed by atoms with E-state index in [2.05, 4.69) is 39.4 Å². The Labute approximate surface area is 161 Å². The summed E-state index contributed by atoms with van der Waals surface area (Å²) < 4.78 is 13.0. The van der Waals surface area contributed by atoms with Crippen LogP contribution in [0.15, 0.2) is 48.5 Å². The van der Waals surface area contributed by atoms with E-state index in [0.29, 0.717) is 6.54 Å². The van der Waals surface area contributed by atoms with Gasteiger partial charge in [0.15, 0.2) is 0 Å². The topological polar surface area (TPSA) is 35.6 Å². The molecule has 0 bridgehead atoms. The first-order valence-electron chi connectivity index (χ1n) is 9.55. The van der Waals surface area contributed by atoms with Gasteiger partial charge in [-0.05, 0) is 61.3 Å². The molecule has 1 aliphatic heterocycles. The molecule has 0 unspecified atom stereocenters. The second kappa shape index (κ2) is 9.00. The standard InChI is InChI=1S/C22H28FN3O/c1-25(2)20-11-7-18(8-12-20)21(26-13-3-4-14-26)16-24-22(27)15-17-5-9-19(23)10-6-17/h5-12,21H,3-4,13-16H2,1-2H3,(H,24,27)/t21-/m0/s1. The molecule has 0 aromatic heterocycles. The van der Waals surface area contributed by atoms with Crippen LogP contribution < -0.4 is 10.2 Å². The zero-order valence-corrected chi connectivity index (χ0v) is 16.1. The molecule has 1 heterocycles. The Kier molecular flexibility index (Phi) is 6.45. The third kappa shape index (κ3) is 5.30. The van der Waals surface area contributed by atoms with Crippen molar-refractivity contribution in [3.05, 3.63) is 65.5 Å². The highest BCUT2D eigenvalue weighted by molar-refractivity contribution is 5.78. The van der Waals surface area contributed by atoms with Crippen LogP contribution >= 0.6 is 0 Å². The predicted molar refractivity (Wildman–Crippen MR) is 107 cm³/mol. The summed E-state index contributed by atoms with van der Waals surface area (Å²) in [5.74, 6) is -0.315. The van der Waals surface area contributed by atoms with Crippen molar-refractivity contribution in [2.75, 3.05) is 38.6 Å². The van der Waals surface area contributed by atoms with Gasteiger partial charge >= 0.3 is 0 Å². The molecule has 1 saturated heterocycles. The summed E-state index contributed by atoms with van der Waals surface area (Å²) in [5, 5.41) is 3.07. The Morgan fingerprint density at radius 1 is 1.07 bits per heavy atom. The van der Waals surface area contributed by atoms with Crippen LogP contribution in [0, 0.1) is 5.82 Å². The van der Waals surface area contributed by atoms with Gasteiger partial charge in [0.1, 0.15) is 5.82 Å². The van der Waals surface area contributed by atoms with Crippen molar-refractivity contribution in [3.8, 4) is 0 Å². The molecule has 0 saturated carbocycles. The van der Waals surface area contributed by atoms with Crippen molar-refractivity contribution in [1.82, 2.24) is 10.2 Å². The van der Waals surface area contributed by atoms with Crippen molar-refractivity contribution in [2.24, 2.45) is 0 Å². The second-order valence-electron chi connectivity index (χ2n) is 7.35. The molecular weight excluding hydrogens is 341 g/mol. The van der Waals surface area contributed by atoms with E-state index in [0.717, 1.165) is 18.7 Å². The summed E-state index contributed by atoms with van der Waals surface area (Å²) in [4.78, 5) is 16.9. The van der Waals surface area contributed by atoms with Crippen LogP contribution in [0.3, 0.4) is 0 Å². The van der Waals surface area contributed by atoms with Gasteiger partial charge in [0.05, 0.1) is 12.5 Å². The van der Waals surface area contributed by atoms with Crippen LogP contribution in [-0.2, 0) is 11.2 Å². The lowest BCUT2D eigenvalue weighted by atomic mass is 10.0. The van der Waals surface area contributed by atoms with Crippen LogP contribution in [0.5, 0.6) is 0 Å². The number of carbonyl (C=O) groups is 1. The lowest BCUT2D eigenvalue weighted by molar-refractivity contribution is -0.120. The number of hydrogen-bond acceptors (Lipinski definition) is 3. The van der Waals surface area contributed by atoms with E-state index in [9.17, 15) is 9.18 Å². The van der Waals surface area contributed by atoms with Crippen LogP contribution in [-0.4, -0.2) is 44.5 Å². The maximum Gasteiger partial charge on any atom is 0.224 e. The average Bonchev–Trinajstić information content (AvgIpc) is 3.19. The molecule has 4 nitrogen and oxygen atoms in total. The van der Waals surface area contributed by atoms with E-state index in [1.165, 1.54) is 36.2 Å². The maximum absolute atomic E-state index is 13.0. The molecule has 1 amide bonds. The number of nitrogens with one attached hydrogen (secondary N) is 1. The Hall–Kier alpha value is -2.40. The molecule has 0 radical (unpaired) electrons. The molecule has 1 aliphatic rings. The predicted octanol–water partition coefficient (Wildman–Crippen LogP) is 3.39. The fraction of sp³-hybridized carbons (Fsp3) is 0.409. The van der Waals surface area contributed by atoms with Crippen molar-refractivity contribution in [2.45, 2.75) is 25.3 Å². The van der Waals surface area contributed by atoms with Gasteiger partial charge in [-0.2, -0.15) is 0 Å². The first kappa shape index (κ1) is 19.4. The highest BCUT2D eigenvalue weighted by Gasteiger charge is 2.24.